The molecule has 0 saturated heterocycles. The van der Waals surface area contributed by atoms with Gasteiger partial charge in [-0.3, -0.25) is 14.4 Å². The molecule has 0 bridgehead atoms. The number of carbonyl (C=O) groups is 3. The molecule has 0 spiro atoms. The van der Waals surface area contributed by atoms with E-state index in [-0.39, 0.29) is 31.1 Å². The third-order valence-electron chi connectivity index (χ3n) is 13.1. The van der Waals surface area contributed by atoms with E-state index in [4.69, 9.17) is 14.2 Å². The Bertz CT molecular complexity index is 1920. The van der Waals surface area contributed by atoms with Crippen LogP contribution in [-0.2, 0) is 28.6 Å². The Hall–Kier alpha value is -5.49. The van der Waals surface area contributed by atoms with E-state index in [2.05, 4.69) is 203 Å². The zero-order valence-corrected chi connectivity index (χ0v) is 52.4. The number of unbranched alkanes of at least 4 members (excludes halogenated alkanes) is 16. The molecule has 0 aliphatic heterocycles. The summed E-state index contributed by atoms with van der Waals surface area (Å²) < 4.78 is 16.8. The van der Waals surface area contributed by atoms with Crippen LogP contribution in [0.2, 0.25) is 0 Å². The molecule has 0 saturated carbocycles. The SMILES string of the molecule is CC/C=C\C/C=C\C/C=C\C/C=C\C/C=C\C/C=C\C/C=C\C/C=C\CCCCC(=O)OCC(COC(=O)CCCCCCC/C=C\CCC)OC(=O)CCCCCCCCCC/C=C\C/C=C\C/C=C\C/C=C\C/C=C\C/C=C\CC. The minimum Gasteiger partial charge on any atom is -0.462 e. The fraction of sp³-hybridized carbons (Fsp3) is 0.566. The quantitative estimate of drug-likeness (QED) is 0.0261. The summed E-state index contributed by atoms with van der Waals surface area (Å²) in [6.45, 7) is 6.29. The Morgan fingerprint density at radius 3 is 0.780 bits per heavy atom. The van der Waals surface area contributed by atoms with Gasteiger partial charge in [0.2, 0.25) is 0 Å². The minimum absolute atomic E-state index is 0.108. The van der Waals surface area contributed by atoms with Gasteiger partial charge >= 0.3 is 17.9 Å². The van der Waals surface area contributed by atoms with Crippen molar-refractivity contribution in [2.24, 2.45) is 0 Å². The van der Waals surface area contributed by atoms with E-state index in [1.165, 1.54) is 44.9 Å². The highest BCUT2D eigenvalue weighted by molar-refractivity contribution is 5.71. The van der Waals surface area contributed by atoms with Crippen molar-refractivity contribution in [3.63, 3.8) is 0 Å². The van der Waals surface area contributed by atoms with Crippen molar-refractivity contribution in [3.05, 3.63) is 182 Å². The highest BCUT2D eigenvalue weighted by Crippen LogP contribution is 2.14. The highest BCUT2D eigenvalue weighted by atomic mass is 16.6. The van der Waals surface area contributed by atoms with Crippen molar-refractivity contribution in [1.29, 1.82) is 0 Å². The smallest absolute Gasteiger partial charge is 0.306 e. The van der Waals surface area contributed by atoms with E-state index < -0.39 is 6.10 Å². The fourth-order valence-electron chi connectivity index (χ4n) is 8.29. The predicted octanol–water partition coefficient (Wildman–Crippen LogP) is 22.8. The molecule has 82 heavy (non-hydrogen) atoms. The molecule has 0 rings (SSSR count). The number of rotatable bonds is 57. The Morgan fingerprint density at radius 2 is 0.476 bits per heavy atom. The van der Waals surface area contributed by atoms with Gasteiger partial charge in [0.05, 0.1) is 0 Å². The molecule has 458 valence electrons. The zero-order chi connectivity index (χ0) is 59.2. The van der Waals surface area contributed by atoms with Gasteiger partial charge in [0.1, 0.15) is 13.2 Å². The van der Waals surface area contributed by atoms with Crippen LogP contribution in [0.3, 0.4) is 0 Å². The Balaban J connectivity index is 4.40. The summed E-state index contributed by atoms with van der Waals surface area (Å²) in [5, 5.41) is 0. The lowest BCUT2D eigenvalue weighted by Crippen LogP contribution is -2.30. The topological polar surface area (TPSA) is 78.9 Å². The van der Waals surface area contributed by atoms with Crippen LogP contribution in [0.4, 0.5) is 0 Å². The number of ether oxygens (including phenoxy) is 3. The molecule has 0 aliphatic carbocycles. The average Bonchev–Trinajstić information content (AvgIpc) is 3.48. The van der Waals surface area contributed by atoms with Gasteiger partial charge < -0.3 is 14.2 Å². The Morgan fingerprint density at radius 1 is 0.256 bits per heavy atom. The monoisotopic (exact) mass is 1130 g/mol. The maximum absolute atomic E-state index is 12.9. The summed E-state index contributed by atoms with van der Waals surface area (Å²) in [4.78, 5) is 38.3. The van der Waals surface area contributed by atoms with Gasteiger partial charge in [-0.25, -0.2) is 0 Å². The molecule has 0 heterocycles. The van der Waals surface area contributed by atoms with Gasteiger partial charge in [-0.15, -0.1) is 0 Å². The molecule has 0 N–H and O–H groups in total. The van der Waals surface area contributed by atoms with Crippen LogP contribution in [0.5, 0.6) is 0 Å². The van der Waals surface area contributed by atoms with Gasteiger partial charge in [0.25, 0.3) is 0 Å². The van der Waals surface area contributed by atoms with Crippen molar-refractivity contribution >= 4 is 17.9 Å². The molecule has 0 radical (unpaired) electrons. The third-order valence-corrected chi connectivity index (χ3v) is 13.1. The van der Waals surface area contributed by atoms with Crippen molar-refractivity contribution in [2.75, 3.05) is 13.2 Å². The van der Waals surface area contributed by atoms with Crippen molar-refractivity contribution in [2.45, 2.75) is 264 Å². The van der Waals surface area contributed by atoms with E-state index in [1.807, 2.05) is 0 Å². The predicted molar refractivity (Wildman–Crippen MR) is 357 cm³/mol. The molecule has 1 unspecified atom stereocenters. The first-order valence-corrected chi connectivity index (χ1v) is 32.8. The normalized spacial score (nSPS) is 13.4. The van der Waals surface area contributed by atoms with Gasteiger partial charge in [0.15, 0.2) is 6.10 Å². The first-order valence-electron chi connectivity index (χ1n) is 32.8. The molecule has 1 atom stereocenters. The van der Waals surface area contributed by atoms with Crippen LogP contribution in [0, 0.1) is 0 Å². The van der Waals surface area contributed by atoms with Gasteiger partial charge in [-0.1, -0.05) is 267 Å². The molecule has 0 aromatic heterocycles. The molecule has 0 fully saturated rings. The van der Waals surface area contributed by atoms with Crippen LogP contribution in [-0.4, -0.2) is 37.2 Å². The van der Waals surface area contributed by atoms with Crippen molar-refractivity contribution in [3.8, 4) is 0 Å². The van der Waals surface area contributed by atoms with E-state index in [0.717, 1.165) is 167 Å². The molecule has 6 heteroatoms. The third kappa shape index (κ3) is 65.3. The highest BCUT2D eigenvalue weighted by Gasteiger charge is 2.19. The summed E-state index contributed by atoms with van der Waals surface area (Å²) in [5.74, 6) is -0.980. The minimum atomic E-state index is -0.815. The molecule has 0 aliphatic rings. The second-order valence-corrected chi connectivity index (χ2v) is 20.9. The average molecular weight is 1130 g/mol. The van der Waals surface area contributed by atoms with Crippen LogP contribution in [0.15, 0.2) is 182 Å². The van der Waals surface area contributed by atoms with Gasteiger partial charge in [-0.05, 0) is 154 Å². The van der Waals surface area contributed by atoms with Crippen LogP contribution >= 0.6 is 0 Å². The Kier molecular flexibility index (Phi) is 63.5. The molecule has 6 nitrogen and oxygen atoms in total. The lowest BCUT2D eigenvalue weighted by Gasteiger charge is -2.18. The van der Waals surface area contributed by atoms with Crippen molar-refractivity contribution in [1.82, 2.24) is 0 Å². The number of hydrogen-bond donors (Lipinski definition) is 0. The number of allylic oxidation sites excluding steroid dienone is 30. The summed E-state index contributed by atoms with van der Waals surface area (Å²) in [7, 11) is 0. The Labute approximate surface area is 504 Å². The summed E-state index contributed by atoms with van der Waals surface area (Å²) in [6, 6.07) is 0. The van der Waals surface area contributed by atoms with E-state index in [1.54, 1.807) is 0 Å². The maximum Gasteiger partial charge on any atom is 0.306 e. The van der Waals surface area contributed by atoms with Crippen molar-refractivity contribution < 1.29 is 28.6 Å². The largest absolute Gasteiger partial charge is 0.462 e. The van der Waals surface area contributed by atoms with Gasteiger partial charge in [-0.2, -0.15) is 0 Å². The number of hydrogen-bond acceptors (Lipinski definition) is 6. The molecular weight excluding hydrogens is 1010 g/mol. The molecule has 0 amide bonds. The van der Waals surface area contributed by atoms with Crippen LogP contribution < -0.4 is 0 Å². The van der Waals surface area contributed by atoms with E-state index in [0.29, 0.717) is 25.7 Å². The zero-order valence-electron chi connectivity index (χ0n) is 52.4. The van der Waals surface area contributed by atoms with Gasteiger partial charge in [0, 0.05) is 19.3 Å². The molecular formula is C76H118O6. The number of carbonyl (C=O) groups excluding carboxylic acids is 3. The lowest BCUT2D eigenvalue weighted by molar-refractivity contribution is -0.167. The fourth-order valence-corrected chi connectivity index (χ4v) is 8.29. The molecule has 0 aromatic carbocycles. The standard InChI is InChI=1S/C76H118O6/c1-4-7-10-13-16-19-22-24-26-28-30-32-34-36-38-40-42-44-46-48-50-52-54-57-60-63-66-69-75(78)81-72-73(71-80-74(77)68-65-62-59-56-21-18-15-12-9-6-3)82-76(79)70-67-64-61-58-55-53-51-49-47-45-43-41-39-37-35-33-31-29-27-25-23-20-17-14-11-8-5-2/h7-8,10-12,15-17,19-20,24-27,30-33,36-39,42-45,48,50,54,57,73H,4-6,9,13-14,18,21-23,28-29,34-35,40-41,46-47,49,51-53,55-56,58-72H2,1-3H3/b10-7-,11-8-,15-12-,19-16-,20-17-,26-24-,27-25-,32-30-,33-31-,38-36-,39-37-,44-42-,45-43-,50-48-,57-54-. The van der Waals surface area contributed by atoms with E-state index >= 15 is 0 Å². The summed E-state index contributed by atoms with van der Waals surface area (Å²) in [5.41, 5.74) is 0. The number of esters is 3. The second-order valence-electron chi connectivity index (χ2n) is 20.9. The lowest BCUT2D eigenvalue weighted by atomic mass is 10.1. The second kappa shape index (κ2) is 68.0. The van der Waals surface area contributed by atoms with Crippen LogP contribution in [0.25, 0.3) is 0 Å². The van der Waals surface area contributed by atoms with Crippen LogP contribution in [0.1, 0.15) is 258 Å². The molecule has 0 aromatic rings. The summed E-state index contributed by atoms with van der Waals surface area (Å²) in [6.07, 6.45) is 102. The first kappa shape index (κ1) is 76.5. The van der Waals surface area contributed by atoms with E-state index in [9.17, 15) is 14.4 Å². The maximum atomic E-state index is 12.9. The summed E-state index contributed by atoms with van der Waals surface area (Å²) >= 11 is 0. The first-order chi connectivity index (χ1) is 40.5.